The zero-order chi connectivity index (χ0) is 17.4. The maximum Gasteiger partial charge on any atom is 0.317 e. The summed E-state index contributed by atoms with van der Waals surface area (Å²) >= 11 is 0. The Morgan fingerprint density at radius 3 is 3.00 bits per heavy atom. The quantitative estimate of drug-likeness (QED) is 0.903. The van der Waals surface area contributed by atoms with Crippen LogP contribution in [-0.2, 0) is 11.3 Å². The van der Waals surface area contributed by atoms with Gasteiger partial charge in [-0.25, -0.2) is 4.79 Å². The number of pyridine rings is 1. The van der Waals surface area contributed by atoms with Crippen LogP contribution in [0.5, 0.6) is 0 Å². The van der Waals surface area contributed by atoms with Crippen LogP contribution in [-0.4, -0.2) is 51.3 Å². The molecule has 2 amide bonds. The Labute approximate surface area is 147 Å². The molecule has 0 bridgehead atoms. The van der Waals surface area contributed by atoms with Crippen LogP contribution in [0.3, 0.4) is 0 Å². The number of hydrogen-bond acceptors (Lipinski definition) is 4. The van der Waals surface area contributed by atoms with Gasteiger partial charge >= 0.3 is 6.03 Å². The maximum atomic E-state index is 12.6. The third-order valence-electron chi connectivity index (χ3n) is 5.84. The van der Waals surface area contributed by atoms with Crippen LogP contribution in [0.4, 0.5) is 4.79 Å². The lowest BCUT2D eigenvalue weighted by atomic mass is 9.51. The maximum absolute atomic E-state index is 12.6. The lowest BCUT2D eigenvalue weighted by molar-refractivity contribution is -0.169. The van der Waals surface area contributed by atoms with Crippen LogP contribution >= 0.6 is 0 Å². The topological polar surface area (TPSA) is 71.8 Å². The molecular formula is C18H25N5O2. The number of rotatable bonds is 5. The van der Waals surface area contributed by atoms with Crippen molar-refractivity contribution < 1.29 is 9.53 Å². The first-order chi connectivity index (χ1) is 12.1. The third-order valence-corrected chi connectivity index (χ3v) is 5.84. The summed E-state index contributed by atoms with van der Waals surface area (Å²) in [6.45, 7) is 3.20. The summed E-state index contributed by atoms with van der Waals surface area (Å²) < 4.78 is 7.76. The Morgan fingerprint density at radius 2 is 2.28 bits per heavy atom. The molecule has 2 saturated carbocycles. The number of ether oxygens (including phenoxy) is 1. The number of carbonyl (C=O) groups is 1. The van der Waals surface area contributed by atoms with Gasteiger partial charge in [-0.15, -0.1) is 10.2 Å². The van der Waals surface area contributed by atoms with E-state index in [2.05, 4.69) is 15.5 Å². The molecule has 2 aliphatic carbocycles. The summed E-state index contributed by atoms with van der Waals surface area (Å²) in [7, 11) is 1.80. The second-order valence-electron chi connectivity index (χ2n) is 7.17. The SMILES string of the molecule is CCOC1CC(NC(=O)N(C)Cc2nnc3ccccn23)C12CCC2. The molecule has 1 N–H and O–H groups in total. The van der Waals surface area contributed by atoms with Gasteiger partial charge in [-0.2, -0.15) is 0 Å². The highest BCUT2D eigenvalue weighted by atomic mass is 16.5. The largest absolute Gasteiger partial charge is 0.378 e. The minimum absolute atomic E-state index is 0.0566. The molecule has 0 aromatic carbocycles. The Hall–Kier alpha value is -2.15. The van der Waals surface area contributed by atoms with Gasteiger partial charge in [-0.05, 0) is 38.3 Å². The van der Waals surface area contributed by atoms with E-state index in [1.54, 1.807) is 11.9 Å². The van der Waals surface area contributed by atoms with E-state index in [1.165, 1.54) is 6.42 Å². The Bertz CT molecular complexity index is 770. The van der Waals surface area contributed by atoms with Crippen LogP contribution in [0.15, 0.2) is 24.4 Å². The van der Waals surface area contributed by atoms with Crippen molar-refractivity contribution in [1.82, 2.24) is 24.8 Å². The highest BCUT2D eigenvalue weighted by molar-refractivity contribution is 5.74. The molecule has 2 aromatic rings. The smallest absolute Gasteiger partial charge is 0.317 e. The van der Waals surface area contributed by atoms with Gasteiger partial charge in [0, 0.05) is 31.3 Å². The Balaban J connectivity index is 1.38. The predicted octanol–water partition coefficient (Wildman–Crippen LogP) is 2.22. The van der Waals surface area contributed by atoms with Crippen LogP contribution in [0.1, 0.15) is 38.4 Å². The lowest BCUT2D eigenvalue weighted by Crippen LogP contribution is -2.68. The molecule has 2 fully saturated rings. The van der Waals surface area contributed by atoms with E-state index in [9.17, 15) is 4.79 Å². The average Bonchev–Trinajstić information content (AvgIpc) is 2.95. The summed E-state index contributed by atoms with van der Waals surface area (Å²) in [5.74, 6) is 0.757. The fourth-order valence-corrected chi connectivity index (χ4v) is 4.18. The Kier molecular flexibility index (Phi) is 4.11. The zero-order valence-electron chi connectivity index (χ0n) is 14.8. The molecule has 2 heterocycles. The second-order valence-corrected chi connectivity index (χ2v) is 7.17. The Morgan fingerprint density at radius 1 is 1.44 bits per heavy atom. The zero-order valence-corrected chi connectivity index (χ0v) is 14.8. The number of nitrogens with one attached hydrogen (secondary N) is 1. The predicted molar refractivity (Wildman–Crippen MR) is 93.1 cm³/mol. The first kappa shape index (κ1) is 16.3. The van der Waals surface area contributed by atoms with Crippen LogP contribution in [0.25, 0.3) is 5.65 Å². The van der Waals surface area contributed by atoms with Gasteiger partial charge < -0.3 is 15.0 Å². The molecule has 7 nitrogen and oxygen atoms in total. The lowest BCUT2D eigenvalue weighted by Gasteiger charge is -2.61. The molecule has 7 heteroatoms. The minimum atomic E-state index is -0.0566. The summed E-state index contributed by atoms with van der Waals surface area (Å²) in [5.41, 5.74) is 0.965. The van der Waals surface area contributed by atoms with E-state index in [0.29, 0.717) is 12.6 Å². The molecule has 0 radical (unpaired) electrons. The summed E-state index contributed by atoms with van der Waals surface area (Å²) in [6.07, 6.45) is 6.68. The van der Waals surface area contributed by atoms with Crippen molar-refractivity contribution >= 4 is 11.7 Å². The van der Waals surface area contributed by atoms with Gasteiger partial charge in [0.1, 0.15) is 0 Å². The van der Waals surface area contributed by atoms with Crippen molar-refractivity contribution in [2.24, 2.45) is 5.41 Å². The number of carbonyl (C=O) groups excluding carboxylic acids is 1. The molecule has 134 valence electrons. The molecule has 2 atom stereocenters. The summed E-state index contributed by atoms with van der Waals surface area (Å²) in [5, 5.41) is 11.5. The van der Waals surface area contributed by atoms with Crippen molar-refractivity contribution in [3.63, 3.8) is 0 Å². The fourth-order valence-electron chi connectivity index (χ4n) is 4.18. The third kappa shape index (κ3) is 2.66. The number of nitrogens with zero attached hydrogens (tertiary/aromatic N) is 4. The van der Waals surface area contributed by atoms with E-state index in [0.717, 1.165) is 37.3 Å². The molecule has 0 aliphatic heterocycles. The molecule has 4 rings (SSSR count). The van der Waals surface area contributed by atoms with E-state index in [4.69, 9.17) is 4.74 Å². The van der Waals surface area contributed by atoms with Crippen molar-refractivity contribution in [2.45, 2.75) is 51.3 Å². The molecule has 2 aromatic heterocycles. The molecule has 25 heavy (non-hydrogen) atoms. The number of amides is 2. The highest BCUT2D eigenvalue weighted by Gasteiger charge is 2.59. The van der Waals surface area contributed by atoms with Crippen molar-refractivity contribution in [2.75, 3.05) is 13.7 Å². The first-order valence-electron chi connectivity index (χ1n) is 9.06. The van der Waals surface area contributed by atoms with Crippen LogP contribution < -0.4 is 5.32 Å². The highest BCUT2D eigenvalue weighted by Crippen LogP contribution is 2.57. The number of urea groups is 1. The minimum Gasteiger partial charge on any atom is -0.378 e. The van der Waals surface area contributed by atoms with Gasteiger partial charge in [0.15, 0.2) is 11.5 Å². The molecular weight excluding hydrogens is 318 g/mol. The van der Waals surface area contributed by atoms with Crippen LogP contribution in [0, 0.1) is 5.41 Å². The van der Waals surface area contributed by atoms with Gasteiger partial charge in [-0.1, -0.05) is 12.5 Å². The molecule has 2 unspecified atom stereocenters. The van der Waals surface area contributed by atoms with Crippen molar-refractivity contribution in [3.05, 3.63) is 30.2 Å². The fraction of sp³-hybridized carbons (Fsp3) is 0.611. The second kappa shape index (κ2) is 6.29. The van der Waals surface area contributed by atoms with Gasteiger partial charge in [0.05, 0.1) is 12.6 Å². The van der Waals surface area contributed by atoms with Gasteiger partial charge in [0.2, 0.25) is 0 Å². The standard InChI is InChI=1S/C18H25N5O2/c1-3-25-14-11-13(18(14)8-6-9-18)19-17(24)22(2)12-16-21-20-15-7-4-5-10-23(15)16/h4-5,7,10,13-14H,3,6,8-9,11-12H2,1-2H3,(H,19,24). The number of aromatic nitrogens is 3. The molecule has 2 aliphatic rings. The van der Waals surface area contributed by atoms with Gasteiger partial charge in [-0.3, -0.25) is 4.40 Å². The van der Waals surface area contributed by atoms with E-state index >= 15 is 0 Å². The van der Waals surface area contributed by atoms with Crippen LogP contribution in [0.2, 0.25) is 0 Å². The molecule has 0 saturated heterocycles. The van der Waals surface area contributed by atoms with E-state index < -0.39 is 0 Å². The molecule has 1 spiro atoms. The summed E-state index contributed by atoms with van der Waals surface area (Å²) in [6, 6.07) is 5.93. The van der Waals surface area contributed by atoms with Crippen molar-refractivity contribution in [3.8, 4) is 0 Å². The number of fused-ring (bicyclic) bond motifs is 1. The van der Waals surface area contributed by atoms with Gasteiger partial charge in [0.25, 0.3) is 0 Å². The van der Waals surface area contributed by atoms with Crippen molar-refractivity contribution in [1.29, 1.82) is 0 Å². The van der Waals surface area contributed by atoms with E-state index in [-0.39, 0.29) is 17.5 Å². The van der Waals surface area contributed by atoms with E-state index in [1.807, 2.05) is 35.7 Å². The normalized spacial score (nSPS) is 23.9. The first-order valence-corrected chi connectivity index (χ1v) is 9.06. The summed E-state index contributed by atoms with van der Waals surface area (Å²) in [4.78, 5) is 14.3. The number of hydrogen-bond donors (Lipinski definition) is 1. The monoisotopic (exact) mass is 343 g/mol. The average molecular weight is 343 g/mol.